The SMILES string of the molecule is Cc1ccc(C(C)C(=O)O)cc1C(=O)O. The Morgan fingerprint density at radius 3 is 2.33 bits per heavy atom. The number of benzene rings is 1. The largest absolute Gasteiger partial charge is 0.481 e. The highest BCUT2D eigenvalue weighted by atomic mass is 16.4. The van der Waals surface area contributed by atoms with Crippen LogP contribution in [0.5, 0.6) is 0 Å². The third kappa shape index (κ3) is 2.34. The summed E-state index contributed by atoms with van der Waals surface area (Å²) in [7, 11) is 0. The van der Waals surface area contributed by atoms with Crippen LogP contribution in [0, 0.1) is 6.92 Å². The van der Waals surface area contributed by atoms with E-state index in [4.69, 9.17) is 10.2 Å². The van der Waals surface area contributed by atoms with E-state index in [-0.39, 0.29) is 5.56 Å². The van der Waals surface area contributed by atoms with Gasteiger partial charge in [-0.2, -0.15) is 0 Å². The summed E-state index contributed by atoms with van der Waals surface area (Å²) in [6, 6.07) is 4.68. The first-order valence-corrected chi connectivity index (χ1v) is 4.50. The molecule has 0 saturated carbocycles. The maximum atomic E-state index is 10.8. The molecule has 0 amide bonds. The Bertz CT molecular complexity index is 409. The van der Waals surface area contributed by atoms with Gasteiger partial charge in [-0.25, -0.2) is 4.79 Å². The second-order valence-electron chi connectivity index (χ2n) is 3.44. The van der Waals surface area contributed by atoms with Crippen molar-refractivity contribution in [3.05, 3.63) is 34.9 Å². The zero-order valence-corrected chi connectivity index (χ0v) is 8.52. The van der Waals surface area contributed by atoms with Crippen LogP contribution in [0.3, 0.4) is 0 Å². The quantitative estimate of drug-likeness (QED) is 0.795. The van der Waals surface area contributed by atoms with Crippen molar-refractivity contribution < 1.29 is 19.8 Å². The Labute approximate surface area is 87.2 Å². The van der Waals surface area contributed by atoms with Crippen LogP contribution in [-0.4, -0.2) is 22.2 Å². The lowest BCUT2D eigenvalue weighted by Gasteiger charge is -2.08. The molecule has 4 heteroatoms. The summed E-state index contributed by atoms with van der Waals surface area (Å²) in [5, 5.41) is 17.6. The molecule has 0 fully saturated rings. The minimum atomic E-state index is -1.04. The van der Waals surface area contributed by atoms with Gasteiger partial charge in [0.15, 0.2) is 0 Å². The molecule has 1 unspecified atom stereocenters. The molecule has 0 aliphatic rings. The van der Waals surface area contributed by atoms with Gasteiger partial charge in [0.1, 0.15) is 0 Å². The molecule has 15 heavy (non-hydrogen) atoms. The van der Waals surface area contributed by atoms with Gasteiger partial charge < -0.3 is 10.2 Å². The first-order chi connectivity index (χ1) is 6.93. The van der Waals surface area contributed by atoms with Crippen LogP contribution in [0.2, 0.25) is 0 Å². The first kappa shape index (κ1) is 11.2. The number of carboxylic acid groups (broad SMARTS) is 2. The lowest BCUT2D eigenvalue weighted by molar-refractivity contribution is -0.138. The molecule has 1 rings (SSSR count). The fraction of sp³-hybridized carbons (Fsp3) is 0.273. The Hall–Kier alpha value is -1.84. The fourth-order valence-corrected chi connectivity index (χ4v) is 1.28. The molecule has 0 heterocycles. The molecule has 0 bridgehead atoms. The van der Waals surface area contributed by atoms with Crippen molar-refractivity contribution >= 4 is 11.9 Å². The van der Waals surface area contributed by atoms with Gasteiger partial charge in [0, 0.05) is 0 Å². The number of aliphatic carboxylic acids is 1. The van der Waals surface area contributed by atoms with E-state index in [9.17, 15) is 9.59 Å². The van der Waals surface area contributed by atoms with E-state index in [2.05, 4.69) is 0 Å². The molecule has 0 aliphatic carbocycles. The number of rotatable bonds is 3. The van der Waals surface area contributed by atoms with Crippen molar-refractivity contribution in [2.24, 2.45) is 0 Å². The summed E-state index contributed by atoms with van der Waals surface area (Å²) in [4.78, 5) is 21.5. The van der Waals surface area contributed by atoms with Crippen LogP contribution in [-0.2, 0) is 4.79 Å². The molecule has 0 radical (unpaired) electrons. The van der Waals surface area contributed by atoms with Gasteiger partial charge in [-0.1, -0.05) is 12.1 Å². The standard InChI is InChI=1S/C11H12O4/c1-6-3-4-8(7(2)10(12)13)5-9(6)11(14)15/h3-5,7H,1-2H3,(H,12,13)(H,14,15). The molecular formula is C11H12O4. The van der Waals surface area contributed by atoms with Gasteiger partial charge in [0.2, 0.25) is 0 Å². The Morgan fingerprint density at radius 2 is 1.87 bits per heavy atom. The van der Waals surface area contributed by atoms with Gasteiger partial charge in [0.05, 0.1) is 11.5 Å². The number of hydrogen-bond donors (Lipinski definition) is 2. The van der Waals surface area contributed by atoms with E-state index in [1.807, 2.05) is 0 Å². The molecule has 0 aromatic heterocycles. The molecule has 4 nitrogen and oxygen atoms in total. The van der Waals surface area contributed by atoms with Gasteiger partial charge in [0.25, 0.3) is 0 Å². The van der Waals surface area contributed by atoms with Crippen LogP contribution in [0.1, 0.15) is 34.3 Å². The van der Waals surface area contributed by atoms with Crippen molar-refractivity contribution in [2.45, 2.75) is 19.8 Å². The molecule has 1 aromatic carbocycles. The molecule has 2 N–H and O–H groups in total. The zero-order valence-electron chi connectivity index (χ0n) is 8.52. The second-order valence-corrected chi connectivity index (χ2v) is 3.44. The van der Waals surface area contributed by atoms with Gasteiger partial charge in [-0.3, -0.25) is 4.79 Å². The van der Waals surface area contributed by atoms with E-state index < -0.39 is 17.9 Å². The smallest absolute Gasteiger partial charge is 0.335 e. The molecule has 0 saturated heterocycles. The van der Waals surface area contributed by atoms with Gasteiger partial charge in [-0.15, -0.1) is 0 Å². The molecule has 1 aromatic rings. The Morgan fingerprint density at radius 1 is 1.27 bits per heavy atom. The fourth-order valence-electron chi connectivity index (χ4n) is 1.28. The van der Waals surface area contributed by atoms with E-state index in [0.717, 1.165) is 0 Å². The first-order valence-electron chi connectivity index (χ1n) is 4.50. The normalized spacial score (nSPS) is 12.1. The van der Waals surface area contributed by atoms with Gasteiger partial charge in [-0.05, 0) is 31.0 Å². The third-order valence-electron chi connectivity index (χ3n) is 2.36. The molecule has 0 aliphatic heterocycles. The third-order valence-corrected chi connectivity index (χ3v) is 2.36. The molecule has 1 atom stereocenters. The maximum absolute atomic E-state index is 10.8. The van der Waals surface area contributed by atoms with Crippen molar-refractivity contribution in [1.29, 1.82) is 0 Å². The van der Waals surface area contributed by atoms with Crippen molar-refractivity contribution in [3.63, 3.8) is 0 Å². The monoisotopic (exact) mass is 208 g/mol. The highest BCUT2D eigenvalue weighted by molar-refractivity contribution is 5.90. The summed E-state index contributed by atoms with van der Waals surface area (Å²) >= 11 is 0. The average Bonchev–Trinajstić information content (AvgIpc) is 2.16. The summed E-state index contributed by atoms with van der Waals surface area (Å²) < 4.78 is 0. The highest BCUT2D eigenvalue weighted by Crippen LogP contribution is 2.19. The number of carbonyl (C=O) groups is 2. The minimum absolute atomic E-state index is 0.153. The summed E-state index contributed by atoms with van der Waals surface area (Å²) in [6.45, 7) is 3.21. The lowest BCUT2D eigenvalue weighted by atomic mass is 9.97. The van der Waals surface area contributed by atoms with Crippen molar-refractivity contribution in [1.82, 2.24) is 0 Å². The predicted octanol–water partition coefficient (Wildman–Crippen LogP) is 1.88. The highest BCUT2D eigenvalue weighted by Gasteiger charge is 2.16. The van der Waals surface area contributed by atoms with E-state index in [1.54, 1.807) is 19.1 Å². The molecule has 80 valence electrons. The topological polar surface area (TPSA) is 74.6 Å². The molecular weight excluding hydrogens is 196 g/mol. The molecule has 0 spiro atoms. The summed E-state index contributed by atoms with van der Waals surface area (Å²) in [5.41, 5.74) is 1.29. The van der Waals surface area contributed by atoms with Crippen LogP contribution >= 0.6 is 0 Å². The Balaban J connectivity index is 3.18. The van der Waals surface area contributed by atoms with E-state index in [1.165, 1.54) is 13.0 Å². The van der Waals surface area contributed by atoms with Crippen LogP contribution in [0.25, 0.3) is 0 Å². The average molecular weight is 208 g/mol. The summed E-state index contributed by atoms with van der Waals surface area (Å²) in [5.74, 6) is -2.69. The van der Waals surface area contributed by atoms with E-state index >= 15 is 0 Å². The predicted molar refractivity (Wildman–Crippen MR) is 54.2 cm³/mol. The number of aromatic carboxylic acids is 1. The van der Waals surface area contributed by atoms with Crippen LogP contribution in [0.4, 0.5) is 0 Å². The second kappa shape index (κ2) is 4.13. The number of carboxylic acids is 2. The summed E-state index contributed by atoms with van der Waals surface area (Å²) in [6.07, 6.45) is 0. The van der Waals surface area contributed by atoms with Crippen molar-refractivity contribution in [2.75, 3.05) is 0 Å². The number of hydrogen-bond acceptors (Lipinski definition) is 2. The van der Waals surface area contributed by atoms with Crippen LogP contribution in [0.15, 0.2) is 18.2 Å². The van der Waals surface area contributed by atoms with Crippen molar-refractivity contribution in [3.8, 4) is 0 Å². The zero-order chi connectivity index (χ0) is 11.6. The Kier molecular flexibility index (Phi) is 3.09. The van der Waals surface area contributed by atoms with E-state index in [0.29, 0.717) is 11.1 Å². The van der Waals surface area contributed by atoms with Crippen LogP contribution < -0.4 is 0 Å². The number of aryl methyl sites for hydroxylation is 1. The van der Waals surface area contributed by atoms with Gasteiger partial charge >= 0.3 is 11.9 Å². The minimum Gasteiger partial charge on any atom is -0.481 e. The lowest BCUT2D eigenvalue weighted by Crippen LogP contribution is -2.09. The maximum Gasteiger partial charge on any atom is 0.335 e.